The number of nitrogens with two attached hydrogens (primary N) is 1. The summed E-state index contributed by atoms with van der Waals surface area (Å²) in [5, 5.41) is 26.7. The monoisotopic (exact) mass is 324 g/mol. The van der Waals surface area contributed by atoms with E-state index in [1.165, 1.54) is 17.8 Å². The number of phenolic OH excluding ortho intramolecular Hbond substituents is 1. The van der Waals surface area contributed by atoms with Crippen LogP contribution in [0.15, 0.2) is 52.1 Å². The Kier molecular flexibility index (Phi) is 4.17. The molecule has 0 amide bonds. The van der Waals surface area contributed by atoms with Crippen LogP contribution in [-0.4, -0.2) is 15.3 Å². The van der Waals surface area contributed by atoms with E-state index in [4.69, 9.17) is 15.4 Å². The van der Waals surface area contributed by atoms with Crippen LogP contribution in [0.25, 0.3) is 11.5 Å². The fraction of sp³-hybridized carbons (Fsp3) is 0.0625. The van der Waals surface area contributed by atoms with E-state index in [1.807, 2.05) is 12.1 Å². The van der Waals surface area contributed by atoms with E-state index in [2.05, 4.69) is 16.3 Å². The Morgan fingerprint density at radius 1 is 1.17 bits per heavy atom. The number of hydrogen-bond donors (Lipinski definition) is 2. The van der Waals surface area contributed by atoms with Gasteiger partial charge in [0.25, 0.3) is 11.1 Å². The molecule has 0 fully saturated rings. The van der Waals surface area contributed by atoms with Gasteiger partial charge in [-0.3, -0.25) is 0 Å². The van der Waals surface area contributed by atoms with Gasteiger partial charge < -0.3 is 15.3 Å². The maximum absolute atomic E-state index is 9.62. The molecule has 0 radical (unpaired) electrons. The first kappa shape index (κ1) is 14.9. The maximum Gasteiger partial charge on any atom is 0.277 e. The molecule has 0 saturated carbocycles. The molecule has 0 unspecified atom stereocenters. The zero-order valence-corrected chi connectivity index (χ0v) is 12.7. The number of nitrogens with zero attached hydrogens (tertiary/aromatic N) is 3. The third-order valence-electron chi connectivity index (χ3n) is 3.17. The number of phenols is 1. The Morgan fingerprint density at radius 2 is 1.96 bits per heavy atom. The molecule has 7 heteroatoms. The van der Waals surface area contributed by atoms with Crippen molar-refractivity contribution in [2.75, 3.05) is 5.73 Å². The molecule has 0 saturated heterocycles. The molecule has 3 N–H and O–H groups in total. The summed E-state index contributed by atoms with van der Waals surface area (Å²) in [5.74, 6) is 0.885. The lowest BCUT2D eigenvalue weighted by atomic mass is 10.1. The zero-order chi connectivity index (χ0) is 16.2. The second-order valence-electron chi connectivity index (χ2n) is 4.71. The average molecular weight is 324 g/mol. The number of anilines is 1. The first-order valence-electron chi connectivity index (χ1n) is 6.70. The summed E-state index contributed by atoms with van der Waals surface area (Å²) in [7, 11) is 0. The molecule has 0 aliphatic carbocycles. The molecule has 3 rings (SSSR count). The number of benzene rings is 2. The highest BCUT2D eigenvalue weighted by molar-refractivity contribution is 7.98. The maximum atomic E-state index is 9.62. The molecule has 114 valence electrons. The van der Waals surface area contributed by atoms with Crippen molar-refractivity contribution >= 4 is 17.4 Å². The molecular formula is C16H12N4O2S. The predicted molar refractivity (Wildman–Crippen MR) is 86.5 cm³/mol. The highest BCUT2D eigenvalue weighted by atomic mass is 32.2. The van der Waals surface area contributed by atoms with Gasteiger partial charge >= 0.3 is 0 Å². The number of aromatic hydroxyl groups is 1. The first-order valence-corrected chi connectivity index (χ1v) is 7.69. The number of para-hydroxylation sites is 1. The molecule has 0 bridgehead atoms. The molecule has 1 aromatic heterocycles. The summed E-state index contributed by atoms with van der Waals surface area (Å²) in [6, 6.07) is 14.2. The molecule has 0 aliphatic heterocycles. The summed E-state index contributed by atoms with van der Waals surface area (Å²) in [5.41, 5.74) is 8.19. The number of aromatic nitrogens is 2. The first-order chi connectivity index (χ1) is 11.2. The number of nitriles is 1. The summed E-state index contributed by atoms with van der Waals surface area (Å²) < 4.78 is 5.57. The minimum Gasteiger partial charge on any atom is -0.506 e. The van der Waals surface area contributed by atoms with Crippen LogP contribution in [0, 0.1) is 11.3 Å². The van der Waals surface area contributed by atoms with Gasteiger partial charge in [0.2, 0.25) is 0 Å². The van der Waals surface area contributed by atoms with E-state index in [9.17, 15) is 5.11 Å². The van der Waals surface area contributed by atoms with Gasteiger partial charge in [-0.1, -0.05) is 30.0 Å². The highest BCUT2D eigenvalue weighted by Gasteiger charge is 2.13. The highest BCUT2D eigenvalue weighted by Crippen LogP contribution is 2.33. The van der Waals surface area contributed by atoms with E-state index < -0.39 is 0 Å². The normalized spacial score (nSPS) is 10.4. The molecule has 3 aromatic rings. The summed E-state index contributed by atoms with van der Waals surface area (Å²) in [4.78, 5) is 0. The van der Waals surface area contributed by atoms with Crippen LogP contribution in [0.2, 0.25) is 0 Å². The zero-order valence-electron chi connectivity index (χ0n) is 11.9. The van der Waals surface area contributed by atoms with Crippen molar-refractivity contribution in [2.45, 2.75) is 11.0 Å². The van der Waals surface area contributed by atoms with Gasteiger partial charge in [0, 0.05) is 5.75 Å². The van der Waals surface area contributed by atoms with Crippen molar-refractivity contribution in [3.63, 3.8) is 0 Å². The minimum absolute atomic E-state index is 0.0208. The lowest BCUT2D eigenvalue weighted by molar-refractivity contribution is 0.463. The molecule has 1 heterocycles. The van der Waals surface area contributed by atoms with E-state index in [0.717, 1.165) is 5.56 Å². The second kappa shape index (κ2) is 6.42. The Morgan fingerprint density at radius 3 is 2.70 bits per heavy atom. The van der Waals surface area contributed by atoms with E-state index in [-0.39, 0.29) is 17.3 Å². The fourth-order valence-electron chi connectivity index (χ4n) is 1.94. The molecule has 6 nitrogen and oxygen atoms in total. The largest absolute Gasteiger partial charge is 0.506 e. The van der Waals surface area contributed by atoms with Crippen molar-refractivity contribution in [3.8, 4) is 23.3 Å². The lowest BCUT2D eigenvalue weighted by Crippen LogP contribution is -1.90. The fourth-order valence-corrected chi connectivity index (χ4v) is 2.66. The van der Waals surface area contributed by atoms with Gasteiger partial charge in [0.1, 0.15) is 5.75 Å². The van der Waals surface area contributed by atoms with Gasteiger partial charge in [0.15, 0.2) is 0 Å². The van der Waals surface area contributed by atoms with Gasteiger partial charge in [-0.05, 0) is 29.8 Å². The standard InChI is InChI=1S/C16H12N4O2S/c17-8-10-4-6-11(7-5-10)9-23-16-20-19-15(22-16)12-2-1-3-13(21)14(12)18/h1-7,21H,9,18H2. The smallest absolute Gasteiger partial charge is 0.277 e. The van der Waals surface area contributed by atoms with Crippen molar-refractivity contribution in [3.05, 3.63) is 53.6 Å². The average Bonchev–Trinajstić information content (AvgIpc) is 3.04. The number of nitrogen functional groups attached to an aromatic ring is 1. The predicted octanol–water partition coefficient (Wildman–Crippen LogP) is 3.19. The van der Waals surface area contributed by atoms with Crippen molar-refractivity contribution in [1.29, 1.82) is 5.26 Å². The number of hydrogen-bond acceptors (Lipinski definition) is 7. The van der Waals surface area contributed by atoms with Crippen LogP contribution in [0.1, 0.15) is 11.1 Å². The molecule has 0 spiro atoms. The number of rotatable bonds is 4. The SMILES string of the molecule is N#Cc1ccc(CSc2nnc(-c3cccc(O)c3N)o2)cc1. The summed E-state index contributed by atoms with van der Waals surface area (Å²) >= 11 is 1.39. The molecular weight excluding hydrogens is 312 g/mol. The van der Waals surface area contributed by atoms with Crippen molar-refractivity contribution < 1.29 is 9.52 Å². The minimum atomic E-state index is -0.0208. The van der Waals surface area contributed by atoms with Crippen LogP contribution in [0.5, 0.6) is 5.75 Å². The van der Waals surface area contributed by atoms with Crippen LogP contribution in [-0.2, 0) is 5.75 Å². The molecule has 0 atom stereocenters. The van der Waals surface area contributed by atoms with Gasteiger partial charge in [-0.15, -0.1) is 10.2 Å². The van der Waals surface area contributed by atoms with Crippen molar-refractivity contribution in [2.24, 2.45) is 0 Å². The number of thioether (sulfide) groups is 1. The third-order valence-corrected chi connectivity index (χ3v) is 4.05. The molecule has 2 aromatic carbocycles. The summed E-state index contributed by atoms with van der Waals surface area (Å²) in [6.07, 6.45) is 0. The second-order valence-corrected chi connectivity index (χ2v) is 5.64. The molecule has 0 aliphatic rings. The van der Waals surface area contributed by atoms with Crippen LogP contribution >= 0.6 is 11.8 Å². The molecule has 23 heavy (non-hydrogen) atoms. The Bertz CT molecular complexity index is 869. The van der Waals surface area contributed by atoms with Crippen molar-refractivity contribution in [1.82, 2.24) is 10.2 Å². The van der Waals surface area contributed by atoms with Gasteiger partial charge in [-0.2, -0.15) is 5.26 Å². The Labute approximate surface area is 136 Å². The third kappa shape index (κ3) is 3.27. The van der Waals surface area contributed by atoms with Crippen LogP contribution in [0.4, 0.5) is 5.69 Å². The van der Waals surface area contributed by atoms with Gasteiger partial charge in [-0.25, -0.2) is 0 Å². The Balaban J connectivity index is 1.72. The van der Waals surface area contributed by atoms with Gasteiger partial charge in [0.05, 0.1) is 22.9 Å². The topological polar surface area (TPSA) is 109 Å². The lowest BCUT2D eigenvalue weighted by Gasteiger charge is -2.02. The quantitative estimate of drug-likeness (QED) is 0.431. The van der Waals surface area contributed by atoms with E-state index in [1.54, 1.807) is 24.3 Å². The summed E-state index contributed by atoms with van der Waals surface area (Å²) in [6.45, 7) is 0. The van der Waals surface area contributed by atoms with E-state index >= 15 is 0 Å². The van der Waals surface area contributed by atoms with Crippen LogP contribution < -0.4 is 5.73 Å². The van der Waals surface area contributed by atoms with E-state index in [0.29, 0.717) is 22.1 Å². The Hall–Kier alpha value is -2.98. The van der Waals surface area contributed by atoms with Crippen LogP contribution in [0.3, 0.4) is 0 Å².